The Bertz CT molecular complexity index is 2860. The first kappa shape index (κ1) is 52.9. The first-order chi connectivity index (χ1) is 32.1. The zero-order valence-corrected chi connectivity index (χ0v) is 38.0. The van der Waals surface area contributed by atoms with Crippen molar-refractivity contribution in [2.75, 3.05) is 73.0 Å². The van der Waals surface area contributed by atoms with E-state index in [4.69, 9.17) is 9.47 Å². The van der Waals surface area contributed by atoms with Gasteiger partial charge in [-0.1, -0.05) is 49.0 Å². The van der Waals surface area contributed by atoms with Crippen molar-refractivity contribution in [2.45, 2.75) is 49.0 Å². The summed E-state index contributed by atoms with van der Waals surface area (Å²) in [7, 11) is 0. The molecule has 14 nitrogen and oxygen atoms in total. The van der Waals surface area contributed by atoms with Crippen LogP contribution in [0, 0.1) is 45.7 Å². The van der Waals surface area contributed by atoms with Gasteiger partial charge in [0.15, 0.2) is 34.9 Å². The molecule has 69 heavy (non-hydrogen) atoms. The third-order valence-electron chi connectivity index (χ3n) is 10.4. The summed E-state index contributed by atoms with van der Waals surface area (Å²) < 4.78 is 93.2. The van der Waals surface area contributed by atoms with Gasteiger partial charge in [-0.15, -0.1) is 0 Å². The van der Waals surface area contributed by atoms with Crippen LogP contribution in [0.4, 0.5) is 49.4 Å². The molecule has 2 aliphatic heterocycles. The summed E-state index contributed by atoms with van der Waals surface area (Å²) in [6.45, 7) is 15.0. The molecule has 0 spiro atoms. The molecule has 2 saturated heterocycles. The number of anilines is 4. The zero-order chi connectivity index (χ0) is 49.5. The third kappa shape index (κ3) is 13.1. The number of hydrogen-bond acceptors (Lipinski definition) is 12. The Balaban J connectivity index is 0.000000213. The van der Waals surface area contributed by atoms with Gasteiger partial charge < -0.3 is 29.9 Å². The first-order valence-corrected chi connectivity index (χ1v) is 21.3. The second-order valence-corrected chi connectivity index (χ2v) is 17.6. The van der Waals surface area contributed by atoms with Crippen LogP contribution in [0.25, 0.3) is 22.1 Å². The van der Waals surface area contributed by atoms with Crippen LogP contribution in [0.1, 0.15) is 75.2 Å². The molecule has 2 aliphatic rings. The van der Waals surface area contributed by atoms with Crippen molar-refractivity contribution >= 4 is 69.0 Å². The van der Waals surface area contributed by atoms with Gasteiger partial charge in [0.1, 0.15) is 23.7 Å². The largest absolute Gasteiger partial charge is 0.378 e. The summed E-state index contributed by atoms with van der Waals surface area (Å²) in [4.78, 5) is 69.5. The molecule has 0 aliphatic carbocycles. The number of benzene rings is 4. The lowest BCUT2D eigenvalue weighted by Gasteiger charge is -2.27. The molecule has 6 aromatic rings. The maximum Gasteiger partial charge on any atom is 0.229 e. The van der Waals surface area contributed by atoms with E-state index < -0.39 is 74.6 Å². The predicted octanol–water partition coefficient (Wildman–Crippen LogP) is 9.10. The Kier molecular flexibility index (Phi) is 17.1. The number of fused-ring (bicyclic) bond motifs is 2. The van der Waals surface area contributed by atoms with Gasteiger partial charge in [-0.25, -0.2) is 36.3 Å². The van der Waals surface area contributed by atoms with Crippen molar-refractivity contribution in [3.8, 4) is 0 Å². The van der Waals surface area contributed by atoms with Crippen molar-refractivity contribution in [1.29, 1.82) is 0 Å². The van der Waals surface area contributed by atoms with Gasteiger partial charge in [-0.3, -0.25) is 29.1 Å². The number of carbonyl (C=O) groups is 4. The SMILES string of the molecule is C.CC(C)(C)C(=O)Nc1cc(F)c(F)c(C(=O)c2ccc3ncc(N4CCOCC4)nc3c2)c1F.CC(C)(C)C(=O)Nc1cc(F)c(F)cc1F.O=Cc1ccc2ncc(N3CCOCC3)nc2c1. The van der Waals surface area contributed by atoms with Crippen LogP contribution >= 0.6 is 0 Å². The van der Waals surface area contributed by atoms with E-state index in [9.17, 15) is 41.1 Å². The lowest BCUT2D eigenvalue weighted by molar-refractivity contribution is -0.123. The normalized spacial score (nSPS) is 13.9. The topological polar surface area (TPSA) is 169 Å². The van der Waals surface area contributed by atoms with Crippen LogP contribution < -0.4 is 20.4 Å². The summed E-state index contributed by atoms with van der Waals surface area (Å²) in [5.41, 5.74) is -0.833. The van der Waals surface area contributed by atoms with E-state index in [1.807, 2.05) is 11.0 Å². The van der Waals surface area contributed by atoms with Gasteiger partial charge in [0, 0.05) is 66.3 Å². The summed E-state index contributed by atoms with van der Waals surface area (Å²) >= 11 is 0. The quantitative estimate of drug-likeness (QED) is 0.0675. The van der Waals surface area contributed by atoms with Crippen LogP contribution in [0.3, 0.4) is 0 Å². The molecule has 4 heterocycles. The molecule has 8 rings (SSSR count). The van der Waals surface area contributed by atoms with Crippen molar-refractivity contribution in [2.24, 2.45) is 10.8 Å². The predicted molar refractivity (Wildman–Crippen MR) is 249 cm³/mol. The van der Waals surface area contributed by atoms with Crippen LogP contribution in [-0.2, 0) is 19.1 Å². The Hall–Kier alpha value is -7.06. The lowest BCUT2D eigenvalue weighted by atomic mass is 9.95. The van der Waals surface area contributed by atoms with E-state index in [2.05, 4.69) is 35.5 Å². The summed E-state index contributed by atoms with van der Waals surface area (Å²) in [5, 5.41) is 4.43. The smallest absolute Gasteiger partial charge is 0.229 e. The number of halogens is 6. The molecule has 2 N–H and O–H groups in total. The van der Waals surface area contributed by atoms with Crippen molar-refractivity contribution in [3.05, 3.63) is 119 Å². The van der Waals surface area contributed by atoms with E-state index in [0.717, 1.165) is 36.2 Å². The van der Waals surface area contributed by atoms with E-state index in [1.165, 1.54) is 18.2 Å². The highest BCUT2D eigenvalue weighted by Crippen LogP contribution is 2.29. The minimum atomic E-state index is -1.63. The van der Waals surface area contributed by atoms with Crippen LogP contribution in [-0.4, -0.2) is 96.4 Å². The second kappa shape index (κ2) is 22.4. The Morgan fingerprint density at radius 3 is 1.55 bits per heavy atom. The standard InChI is InChI=1S/C24H23F3N4O3.C13H13N3O2.C11H12F3NO.CH4/c1-24(2,3)23(33)30-17-11-14(25)20(26)19(21(17)27)22(32)13-4-5-15-16(10-13)29-18(12-28-15)31-6-8-34-9-7-31;17-9-10-1-2-11-12(7-10)15-13(8-14-11)16-3-5-18-6-4-16;1-11(2,3)10(16)15-9-5-7(13)6(12)4-8(9)14;/h4-5,10-12H,6-9H2,1-3H3,(H,30,33);1-2,7-9H,3-6H2;4-5H,1-3H3,(H,15,16);1H4. The monoisotopic (exact) mass is 962 g/mol. The Morgan fingerprint density at radius 1 is 0.580 bits per heavy atom. The third-order valence-corrected chi connectivity index (χ3v) is 10.4. The van der Waals surface area contributed by atoms with Crippen LogP contribution in [0.15, 0.2) is 67.0 Å². The number of rotatable bonds is 7. The molecule has 2 aromatic heterocycles. The number of nitrogens with one attached hydrogen (secondary N) is 2. The fourth-order valence-electron chi connectivity index (χ4n) is 6.40. The molecular formula is C49H52F6N8O6. The van der Waals surface area contributed by atoms with Crippen LogP contribution in [0.5, 0.6) is 0 Å². The fourth-order valence-corrected chi connectivity index (χ4v) is 6.40. The molecular weight excluding hydrogens is 911 g/mol. The van der Waals surface area contributed by atoms with E-state index >= 15 is 4.39 Å². The van der Waals surface area contributed by atoms with Gasteiger partial charge in [0.2, 0.25) is 11.8 Å². The molecule has 20 heteroatoms. The maximum absolute atomic E-state index is 15.1. The molecule has 0 atom stereocenters. The summed E-state index contributed by atoms with van der Waals surface area (Å²) in [6.07, 6.45) is 4.20. The van der Waals surface area contributed by atoms with Gasteiger partial charge in [-0.05, 0) is 36.4 Å². The highest BCUT2D eigenvalue weighted by atomic mass is 19.2. The van der Waals surface area contributed by atoms with E-state index in [0.29, 0.717) is 80.1 Å². The highest BCUT2D eigenvalue weighted by molar-refractivity contribution is 6.11. The number of ketones is 1. The fraction of sp³-hybridized carbons (Fsp3) is 0.347. The highest BCUT2D eigenvalue weighted by Gasteiger charge is 2.29. The number of hydrogen-bond donors (Lipinski definition) is 2. The lowest BCUT2D eigenvalue weighted by Crippen LogP contribution is -2.36. The summed E-state index contributed by atoms with van der Waals surface area (Å²) in [5.74, 6) is -8.69. The Morgan fingerprint density at radius 2 is 1.04 bits per heavy atom. The first-order valence-electron chi connectivity index (χ1n) is 21.3. The van der Waals surface area contributed by atoms with Crippen molar-refractivity contribution in [3.63, 3.8) is 0 Å². The summed E-state index contributed by atoms with van der Waals surface area (Å²) in [6, 6.07) is 11.0. The number of aromatic nitrogens is 4. The van der Waals surface area contributed by atoms with Gasteiger partial charge in [-0.2, -0.15) is 0 Å². The molecule has 2 amide bonds. The average molecular weight is 963 g/mol. The second-order valence-electron chi connectivity index (χ2n) is 17.6. The number of nitrogens with zero attached hydrogens (tertiary/aromatic N) is 6. The number of carbonyl (C=O) groups excluding carboxylic acids is 4. The zero-order valence-electron chi connectivity index (χ0n) is 38.0. The van der Waals surface area contributed by atoms with E-state index in [-0.39, 0.29) is 18.7 Å². The Labute approximate surface area is 394 Å². The van der Waals surface area contributed by atoms with Crippen molar-refractivity contribution in [1.82, 2.24) is 19.9 Å². The van der Waals surface area contributed by atoms with Gasteiger partial charge >= 0.3 is 0 Å². The minimum Gasteiger partial charge on any atom is -0.378 e. The average Bonchev–Trinajstić information content (AvgIpc) is 3.32. The molecule has 2 fully saturated rings. The van der Waals surface area contributed by atoms with Crippen molar-refractivity contribution < 1.29 is 55.0 Å². The molecule has 366 valence electrons. The maximum atomic E-state index is 15.1. The minimum absolute atomic E-state index is 0. The van der Waals surface area contributed by atoms with Gasteiger partial charge in [0.05, 0.1) is 77.8 Å². The molecule has 0 unspecified atom stereocenters. The van der Waals surface area contributed by atoms with Crippen LogP contribution in [0.2, 0.25) is 0 Å². The molecule has 0 radical (unpaired) electrons. The number of aldehydes is 1. The number of morpholine rings is 2. The number of ether oxygens (including phenoxy) is 2. The molecule has 0 saturated carbocycles. The van der Waals surface area contributed by atoms with E-state index in [1.54, 1.807) is 66.1 Å². The molecule has 0 bridgehead atoms. The molecule has 4 aromatic carbocycles. The number of amides is 2. The van der Waals surface area contributed by atoms with Gasteiger partial charge in [0.25, 0.3) is 0 Å².